The molecule has 6 nitrogen and oxygen atoms in total. The molecule has 0 heterocycles. The average molecular weight is 287 g/mol. The van der Waals surface area contributed by atoms with E-state index in [0.29, 0.717) is 0 Å². The van der Waals surface area contributed by atoms with Gasteiger partial charge in [0.1, 0.15) is 0 Å². The van der Waals surface area contributed by atoms with Crippen LogP contribution in [0.15, 0.2) is 0 Å². The molecule has 0 fully saturated rings. The Bertz CT molecular complexity index is 49.5. The van der Waals surface area contributed by atoms with Crippen LogP contribution in [0.2, 0.25) is 0 Å². The van der Waals surface area contributed by atoms with Crippen LogP contribution in [-0.2, 0) is 13.3 Å². The summed E-state index contributed by atoms with van der Waals surface area (Å²) in [6.07, 6.45) is 0. The lowest BCUT2D eigenvalue weighted by Crippen LogP contribution is -2.21. The summed E-state index contributed by atoms with van der Waals surface area (Å²) in [6, 6.07) is 0. The molecule has 0 saturated carbocycles. The van der Waals surface area contributed by atoms with Crippen LogP contribution in [0.25, 0.3) is 0 Å². The number of aliphatic hydroxyl groups excluding tert-OH is 1. The summed E-state index contributed by atoms with van der Waals surface area (Å²) in [5.74, 6) is 0. The molecule has 0 aromatic rings. The largest absolute Gasteiger partial charge is 0.483 e. The Kier molecular flexibility index (Phi) is 278. The van der Waals surface area contributed by atoms with Gasteiger partial charge in [-0.3, -0.25) is 0 Å². The maximum Gasteiger partial charge on any atom is 0.483 e. The van der Waals surface area contributed by atoms with Crippen LogP contribution in [0.3, 0.4) is 0 Å². The van der Waals surface area contributed by atoms with E-state index < -0.39 is 9.53 Å². The second kappa shape index (κ2) is 79.8. The molecule has 8 heteroatoms. The van der Waals surface area contributed by atoms with Crippen LogP contribution in [0, 0.1) is 0 Å². The third-order valence-corrected chi connectivity index (χ3v) is 1.73. The fraction of sp³-hybridized carbons (Fsp3) is 1.00. The molecule has 0 atom stereocenters. The Morgan fingerprint density at radius 3 is 0.938 bits per heavy atom. The van der Waals surface area contributed by atoms with Crippen molar-refractivity contribution in [2.45, 2.75) is 28.7 Å². The van der Waals surface area contributed by atoms with Crippen molar-refractivity contribution in [2.75, 3.05) is 28.4 Å². The Morgan fingerprint density at radius 2 is 0.938 bits per heavy atom. The summed E-state index contributed by atoms with van der Waals surface area (Å²) >= 11 is 0. The first-order valence-corrected chi connectivity index (χ1v) is 4.79. The summed E-state index contributed by atoms with van der Waals surface area (Å²) < 4.78 is 14.2. The predicted octanol–water partition coefficient (Wildman–Crippen LogP) is -1.31. The number of rotatable bonds is 3. The highest BCUT2D eigenvalue weighted by molar-refractivity contribution is 6.36. The maximum absolute atomic E-state index is 7.00. The van der Waals surface area contributed by atoms with Gasteiger partial charge in [0.25, 0.3) is 0 Å². The van der Waals surface area contributed by atoms with Gasteiger partial charge in [0.2, 0.25) is 0 Å². The van der Waals surface area contributed by atoms with Crippen LogP contribution in [0.5, 0.6) is 0 Å². The molecule has 16 heavy (non-hydrogen) atoms. The summed E-state index contributed by atoms with van der Waals surface area (Å²) in [6.45, 7) is 4.00. The van der Waals surface area contributed by atoms with Gasteiger partial charge in [0.15, 0.2) is 0 Å². The molecule has 0 spiro atoms. The van der Waals surface area contributed by atoms with Gasteiger partial charge in [0.05, 0.1) is 0 Å². The van der Waals surface area contributed by atoms with Crippen molar-refractivity contribution in [1.82, 2.24) is 0 Å². The molecule has 114 valence electrons. The van der Waals surface area contributed by atoms with E-state index in [-0.39, 0.29) is 38.2 Å². The van der Waals surface area contributed by atoms with Gasteiger partial charge in [0, 0.05) is 29.9 Å². The highest BCUT2D eigenvalue weighted by Crippen LogP contribution is 1.81. The molecule has 0 aromatic carbocycles. The molecule has 0 aliphatic heterocycles. The van der Waals surface area contributed by atoms with E-state index >= 15 is 0 Å². The Labute approximate surface area is 109 Å². The van der Waals surface area contributed by atoms with Crippen molar-refractivity contribution in [3.63, 3.8) is 0 Å². The molecular weight excluding hydrogens is 248 g/mol. The highest BCUT2D eigenvalue weighted by atomic mass is 28.3. The fourth-order valence-corrected chi connectivity index (χ4v) is 0.866. The zero-order valence-corrected chi connectivity index (χ0v) is 10.4. The molecule has 0 aliphatic rings. The molecule has 0 rings (SSSR count). The molecule has 0 aromatic heterocycles. The van der Waals surface area contributed by atoms with E-state index in [1.165, 1.54) is 0 Å². The van der Waals surface area contributed by atoms with Gasteiger partial charge in [-0.05, 0) is 11.0 Å². The minimum atomic E-state index is -1.67. The minimum absolute atomic E-state index is 0. The quantitative estimate of drug-likeness (QED) is 0.650. The van der Waals surface area contributed by atoms with Gasteiger partial charge in [-0.2, -0.15) is 0 Å². The molecule has 0 bridgehead atoms. The standard InChI is InChI=1S/C3H10O3Si.C2H6.CH4O.2CH4.2H2O.H4Si.H2/c1-4-7(5-2)6-3;2*1-2;;;;;;/h7H,1-3H3;1-2H3;2H,1H3;2*1H4;2*1H2;1H4;1H. The van der Waals surface area contributed by atoms with Crippen molar-refractivity contribution >= 4 is 20.5 Å². The minimum Gasteiger partial charge on any atom is -0.412 e. The third kappa shape index (κ3) is 64.4. The van der Waals surface area contributed by atoms with E-state index in [1.807, 2.05) is 13.8 Å². The fourth-order valence-electron chi connectivity index (χ4n) is 0.289. The highest BCUT2D eigenvalue weighted by Gasteiger charge is 2.04. The molecule has 0 unspecified atom stereocenters. The second-order valence-electron chi connectivity index (χ2n) is 0.996. The number of hydrogen-bond acceptors (Lipinski definition) is 4. The number of hydrogen-bond donors (Lipinski definition) is 1. The first-order chi connectivity index (χ1) is 5.35. The lowest BCUT2D eigenvalue weighted by atomic mass is 11.0. The summed E-state index contributed by atoms with van der Waals surface area (Å²) in [5.41, 5.74) is 0. The van der Waals surface area contributed by atoms with E-state index in [2.05, 4.69) is 0 Å². The SMILES string of the molecule is C.C.CC.CO.CO[SiH](OC)OC.O.O.[HH].[SiH4]. The van der Waals surface area contributed by atoms with E-state index in [4.69, 9.17) is 18.4 Å². The van der Waals surface area contributed by atoms with Crippen molar-refractivity contribution < 1.29 is 30.8 Å². The van der Waals surface area contributed by atoms with Gasteiger partial charge >= 0.3 is 9.53 Å². The molecule has 0 saturated heterocycles. The summed E-state index contributed by atoms with van der Waals surface area (Å²) in [5, 5.41) is 7.00. The van der Waals surface area contributed by atoms with Crippen LogP contribution in [-0.4, -0.2) is 65.0 Å². The van der Waals surface area contributed by atoms with E-state index in [9.17, 15) is 0 Å². The first-order valence-electron chi connectivity index (χ1n) is 3.38. The first kappa shape index (κ1) is 55.7. The zero-order chi connectivity index (χ0) is 9.70. The lowest BCUT2D eigenvalue weighted by molar-refractivity contribution is 0.163. The van der Waals surface area contributed by atoms with Gasteiger partial charge in [-0.1, -0.05) is 28.7 Å². The normalized spacial score (nSPS) is 5.25. The smallest absolute Gasteiger partial charge is 0.412 e. The second-order valence-corrected chi connectivity index (χ2v) is 2.99. The topological polar surface area (TPSA) is 111 Å². The van der Waals surface area contributed by atoms with Crippen LogP contribution < -0.4 is 0 Å². The maximum atomic E-state index is 7.00. The molecule has 0 amide bonds. The van der Waals surface area contributed by atoms with Crippen LogP contribution >= 0.6 is 0 Å². The molecule has 0 aliphatic carbocycles. The zero-order valence-electron chi connectivity index (χ0n) is 9.25. The van der Waals surface area contributed by atoms with Crippen molar-refractivity contribution in [3.8, 4) is 0 Å². The van der Waals surface area contributed by atoms with Crippen LogP contribution in [0.4, 0.5) is 0 Å². The molecule has 0 radical (unpaired) electrons. The summed E-state index contributed by atoms with van der Waals surface area (Å²) in [7, 11) is 4.05. The average Bonchev–Trinajstić information content (AvgIpc) is 2.14. The van der Waals surface area contributed by atoms with Gasteiger partial charge < -0.3 is 29.3 Å². The van der Waals surface area contributed by atoms with Crippen molar-refractivity contribution in [3.05, 3.63) is 0 Å². The Morgan fingerprint density at radius 1 is 0.812 bits per heavy atom. The van der Waals surface area contributed by atoms with Crippen LogP contribution in [0.1, 0.15) is 30.1 Å². The van der Waals surface area contributed by atoms with Crippen molar-refractivity contribution in [2.24, 2.45) is 0 Å². The number of aliphatic hydroxyl groups is 1. The van der Waals surface area contributed by atoms with Crippen molar-refractivity contribution in [1.29, 1.82) is 0 Å². The van der Waals surface area contributed by atoms with E-state index in [1.54, 1.807) is 21.3 Å². The predicted molar refractivity (Wildman–Crippen MR) is 81.8 cm³/mol. The monoisotopic (exact) mass is 286 g/mol. The van der Waals surface area contributed by atoms with Gasteiger partial charge in [-0.25, -0.2) is 0 Å². The summed E-state index contributed by atoms with van der Waals surface area (Å²) in [4.78, 5) is 0. The lowest BCUT2D eigenvalue weighted by Gasteiger charge is -2.05. The Hall–Kier alpha value is 0.194. The third-order valence-electron chi connectivity index (χ3n) is 0.577. The molecular formula is C8H38O6Si2. The van der Waals surface area contributed by atoms with E-state index in [0.717, 1.165) is 7.11 Å². The van der Waals surface area contributed by atoms with Gasteiger partial charge in [-0.15, -0.1) is 0 Å². The molecule has 5 N–H and O–H groups in total. The Balaban J connectivity index is -0.00000000838.